The first-order valence-electron chi connectivity index (χ1n) is 9.30. The first kappa shape index (κ1) is 17.8. The molecular weight excluding hydrogens is 346 g/mol. The van der Waals surface area contributed by atoms with Gasteiger partial charge in [-0.25, -0.2) is 0 Å². The van der Waals surface area contributed by atoms with Crippen molar-refractivity contribution in [2.45, 2.75) is 18.5 Å². The Morgan fingerprint density at radius 1 is 0.964 bits per heavy atom. The number of hydrogen-bond acceptors (Lipinski definition) is 4. The third kappa shape index (κ3) is 3.47. The maximum atomic E-state index is 9.95. The van der Waals surface area contributed by atoms with Crippen molar-refractivity contribution in [3.8, 4) is 11.8 Å². The summed E-state index contributed by atoms with van der Waals surface area (Å²) in [5, 5.41) is 16.8. The number of hydrazone groups is 1. The molecule has 0 N–H and O–H groups in total. The van der Waals surface area contributed by atoms with Gasteiger partial charge in [-0.05, 0) is 41.0 Å². The number of ether oxygens (including phenoxy) is 1. The topological polar surface area (TPSA) is 48.6 Å². The highest BCUT2D eigenvalue weighted by Gasteiger charge is 2.34. The Bertz CT molecular complexity index is 992. The summed E-state index contributed by atoms with van der Waals surface area (Å²) in [5.41, 5.74) is 4.14. The van der Waals surface area contributed by atoms with Gasteiger partial charge in [0.15, 0.2) is 6.04 Å². The molecule has 0 fully saturated rings. The van der Waals surface area contributed by atoms with E-state index in [2.05, 4.69) is 18.2 Å². The van der Waals surface area contributed by atoms with Crippen molar-refractivity contribution in [1.82, 2.24) is 5.01 Å². The molecule has 138 valence electrons. The molecule has 3 aromatic rings. The van der Waals surface area contributed by atoms with Crippen molar-refractivity contribution >= 4 is 5.71 Å². The molecular formula is C24H21N3O. The third-order valence-electron chi connectivity index (χ3n) is 5.05. The quantitative estimate of drug-likeness (QED) is 0.629. The lowest BCUT2D eigenvalue weighted by Gasteiger charge is -2.28. The van der Waals surface area contributed by atoms with E-state index in [-0.39, 0.29) is 6.04 Å². The van der Waals surface area contributed by atoms with Crippen LogP contribution in [-0.4, -0.2) is 17.8 Å². The highest BCUT2D eigenvalue weighted by Crippen LogP contribution is 2.38. The summed E-state index contributed by atoms with van der Waals surface area (Å²) in [6.45, 7) is 0. The van der Waals surface area contributed by atoms with Crippen LogP contribution in [0.15, 0.2) is 90.0 Å². The average molecular weight is 367 g/mol. The van der Waals surface area contributed by atoms with E-state index < -0.39 is 6.04 Å². The molecule has 0 amide bonds. The van der Waals surface area contributed by atoms with Gasteiger partial charge in [-0.3, -0.25) is 5.01 Å². The summed E-state index contributed by atoms with van der Waals surface area (Å²) in [6, 6.07) is 30.1. The van der Waals surface area contributed by atoms with Crippen molar-refractivity contribution in [3.05, 3.63) is 102 Å². The van der Waals surface area contributed by atoms with Crippen molar-refractivity contribution in [1.29, 1.82) is 5.26 Å². The van der Waals surface area contributed by atoms with Crippen molar-refractivity contribution in [2.75, 3.05) is 7.11 Å². The van der Waals surface area contributed by atoms with Crippen molar-refractivity contribution < 1.29 is 4.74 Å². The molecule has 28 heavy (non-hydrogen) atoms. The van der Waals surface area contributed by atoms with Gasteiger partial charge in [-0.15, -0.1) is 0 Å². The molecule has 0 aromatic heterocycles. The van der Waals surface area contributed by atoms with Crippen LogP contribution in [0.4, 0.5) is 0 Å². The number of rotatable bonds is 5. The zero-order valence-electron chi connectivity index (χ0n) is 15.7. The minimum Gasteiger partial charge on any atom is -0.497 e. The lowest BCUT2D eigenvalue weighted by molar-refractivity contribution is 0.196. The second-order valence-electron chi connectivity index (χ2n) is 6.73. The summed E-state index contributed by atoms with van der Waals surface area (Å²) < 4.78 is 5.26. The Morgan fingerprint density at radius 3 is 2.21 bits per heavy atom. The van der Waals surface area contributed by atoms with Crippen LogP contribution in [0.1, 0.15) is 35.2 Å². The highest BCUT2D eigenvalue weighted by atomic mass is 16.5. The SMILES string of the molecule is COc1ccc(C2=NN([C@@H](C#N)c3ccccc3)[C@@H](c3ccccc3)C2)cc1. The molecule has 0 saturated heterocycles. The van der Waals surface area contributed by atoms with Crippen LogP contribution in [0.3, 0.4) is 0 Å². The number of benzene rings is 3. The first-order chi connectivity index (χ1) is 13.8. The Hall–Kier alpha value is -3.58. The maximum absolute atomic E-state index is 9.95. The van der Waals surface area contributed by atoms with Gasteiger partial charge in [0, 0.05) is 6.42 Å². The van der Waals surface area contributed by atoms with Crippen LogP contribution >= 0.6 is 0 Å². The Labute approximate surface area is 165 Å². The molecule has 0 saturated carbocycles. The summed E-state index contributed by atoms with van der Waals surface area (Å²) in [7, 11) is 1.66. The van der Waals surface area contributed by atoms with Crippen molar-refractivity contribution in [3.63, 3.8) is 0 Å². The van der Waals surface area contributed by atoms with Gasteiger partial charge < -0.3 is 4.74 Å². The normalized spacial score (nSPS) is 16.9. The minimum absolute atomic E-state index is 0.0168. The number of nitriles is 1. The van der Waals surface area contributed by atoms with Gasteiger partial charge >= 0.3 is 0 Å². The molecule has 0 unspecified atom stereocenters. The van der Waals surface area contributed by atoms with E-state index in [1.54, 1.807) is 7.11 Å². The van der Waals surface area contributed by atoms with Crippen LogP contribution in [0, 0.1) is 11.3 Å². The van der Waals surface area contributed by atoms with E-state index in [1.165, 1.54) is 0 Å². The zero-order chi connectivity index (χ0) is 19.3. The van der Waals surface area contributed by atoms with E-state index in [1.807, 2.05) is 77.8 Å². The van der Waals surface area contributed by atoms with Crippen LogP contribution in [0.5, 0.6) is 5.75 Å². The summed E-state index contributed by atoms with van der Waals surface area (Å²) in [5.74, 6) is 0.818. The molecule has 4 rings (SSSR count). The van der Waals surface area contributed by atoms with Crippen LogP contribution < -0.4 is 4.74 Å². The van der Waals surface area contributed by atoms with E-state index in [9.17, 15) is 5.26 Å². The molecule has 4 heteroatoms. The smallest absolute Gasteiger partial charge is 0.159 e. The van der Waals surface area contributed by atoms with E-state index >= 15 is 0 Å². The van der Waals surface area contributed by atoms with E-state index in [0.29, 0.717) is 0 Å². The van der Waals surface area contributed by atoms with E-state index in [0.717, 1.165) is 34.6 Å². The maximum Gasteiger partial charge on any atom is 0.159 e. The molecule has 0 spiro atoms. The summed E-state index contributed by atoms with van der Waals surface area (Å²) in [4.78, 5) is 0. The molecule has 1 aliphatic rings. The second kappa shape index (κ2) is 7.98. The fraction of sp³-hybridized carbons (Fsp3) is 0.167. The van der Waals surface area contributed by atoms with Gasteiger partial charge in [0.1, 0.15) is 5.75 Å². The Morgan fingerprint density at radius 2 is 1.61 bits per heavy atom. The van der Waals surface area contributed by atoms with Crippen LogP contribution in [-0.2, 0) is 0 Å². The van der Waals surface area contributed by atoms with E-state index in [4.69, 9.17) is 9.84 Å². The molecule has 0 bridgehead atoms. The molecule has 2 atom stereocenters. The number of nitrogens with zero attached hydrogens (tertiary/aromatic N) is 3. The zero-order valence-corrected chi connectivity index (χ0v) is 15.7. The fourth-order valence-corrected chi connectivity index (χ4v) is 3.59. The molecule has 1 aliphatic heterocycles. The molecule has 4 nitrogen and oxygen atoms in total. The lowest BCUT2D eigenvalue weighted by Crippen LogP contribution is -2.24. The monoisotopic (exact) mass is 367 g/mol. The van der Waals surface area contributed by atoms with Gasteiger partial charge in [0.2, 0.25) is 0 Å². The summed E-state index contributed by atoms with van der Waals surface area (Å²) in [6.07, 6.45) is 0.751. The summed E-state index contributed by atoms with van der Waals surface area (Å²) >= 11 is 0. The average Bonchev–Trinajstić information content (AvgIpc) is 3.21. The largest absolute Gasteiger partial charge is 0.497 e. The first-order valence-corrected chi connectivity index (χ1v) is 9.30. The number of methoxy groups -OCH3 is 1. The van der Waals surface area contributed by atoms with Gasteiger partial charge in [-0.2, -0.15) is 10.4 Å². The highest BCUT2D eigenvalue weighted by molar-refractivity contribution is 6.02. The second-order valence-corrected chi connectivity index (χ2v) is 6.73. The third-order valence-corrected chi connectivity index (χ3v) is 5.05. The molecule has 1 heterocycles. The molecule has 0 aliphatic carbocycles. The van der Waals surface area contributed by atoms with Crippen molar-refractivity contribution in [2.24, 2.45) is 5.10 Å². The standard InChI is InChI=1S/C24H21N3O/c1-28-21-14-12-18(13-15-21)22-16-23(19-8-4-2-5-9-19)27(26-22)24(17-25)20-10-6-3-7-11-20/h2-15,23-24H,16H2,1H3/t23-,24+/m1/s1. The molecule has 0 radical (unpaired) electrons. The fourth-order valence-electron chi connectivity index (χ4n) is 3.59. The van der Waals surface area contributed by atoms with Gasteiger partial charge in [0.05, 0.1) is 24.9 Å². The Balaban J connectivity index is 1.73. The van der Waals surface area contributed by atoms with Crippen LogP contribution in [0.25, 0.3) is 0 Å². The predicted molar refractivity (Wildman–Crippen MR) is 110 cm³/mol. The van der Waals surface area contributed by atoms with Gasteiger partial charge in [-0.1, -0.05) is 60.7 Å². The molecule has 3 aromatic carbocycles. The minimum atomic E-state index is -0.442. The van der Waals surface area contributed by atoms with Gasteiger partial charge in [0.25, 0.3) is 0 Å². The lowest BCUT2D eigenvalue weighted by atomic mass is 9.97. The predicted octanol–water partition coefficient (Wildman–Crippen LogP) is 5.11. The number of hydrogen-bond donors (Lipinski definition) is 0. The van der Waals surface area contributed by atoms with Crippen LogP contribution in [0.2, 0.25) is 0 Å². The Kier molecular flexibility index (Phi) is 5.07.